The number of amides is 1. The number of piperazine rings is 1. The van der Waals surface area contributed by atoms with E-state index in [0.29, 0.717) is 31.9 Å². The van der Waals surface area contributed by atoms with Gasteiger partial charge in [-0.3, -0.25) is 19.8 Å². The number of aromatic nitrogens is 3. The number of aliphatic imine (C=N–C) groups is 1. The lowest BCUT2D eigenvalue weighted by Gasteiger charge is -2.34. The van der Waals surface area contributed by atoms with Crippen molar-refractivity contribution < 1.29 is 18.0 Å². The monoisotopic (exact) mass is 536 g/mol. The van der Waals surface area contributed by atoms with Gasteiger partial charge in [0.25, 0.3) is 0 Å². The van der Waals surface area contributed by atoms with Gasteiger partial charge in [-0.2, -0.15) is 18.3 Å². The van der Waals surface area contributed by atoms with Gasteiger partial charge in [-0.05, 0) is 23.3 Å². The van der Waals surface area contributed by atoms with E-state index >= 15 is 0 Å². The summed E-state index contributed by atoms with van der Waals surface area (Å²) in [6.07, 6.45) is -2.01. The summed E-state index contributed by atoms with van der Waals surface area (Å²) < 4.78 is 40.2. The maximum atomic E-state index is 12.8. The second-order valence-electron chi connectivity index (χ2n) is 9.38. The highest BCUT2D eigenvalue weighted by Gasteiger charge is 2.43. The highest BCUT2D eigenvalue weighted by atomic mass is 19.4. The molecule has 39 heavy (non-hydrogen) atoms. The van der Waals surface area contributed by atoms with Gasteiger partial charge in [0.05, 0.1) is 17.8 Å². The van der Waals surface area contributed by atoms with Gasteiger partial charge in [0.1, 0.15) is 12.2 Å². The van der Waals surface area contributed by atoms with Crippen LogP contribution in [0.25, 0.3) is 22.0 Å². The zero-order valence-corrected chi connectivity index (χ0v) is 20.9. The largest absolute Gasteiger partial charge is 0.471 e. The number of carbonyl (C=O) groups is 1. The number of nitrogens with one attached hydrogen (secondary N) is 2. The van der Waals surface area contributed by atoms with Crippen LogP contribution in [0, 0.1) is 5.41 Å². The maximum Gasteiger partial charge on any atom is 0.471 e. The first-order chi connectivity index (χ1) is 18.7. The number of fused-ring (bicyclic) bond motifs is 1. The summed E-state index contributed by atoms with van der Waals surface area (Å²) in [6.45, 7) is 1.68. The molecule has 3 heterocycles. The summed E-state index contributed by atoms with van der Waals surface area (Å²) in [7, 11) is 0. The third-order valence-electron chi connectivity index (χ3n) is 6.68. The van der Waals surface area contributed by atoms with Crippen LogP contribution in [0.1, 0.15) is 17.0 Å². The lowest BCUT2D eigenvalue weighted by Crippen LogP contribution is -2.52. The van der Waals surface area contributed by atoms with Gasteiger partial charge in [0.2, 0.25) is 0 Å². The molecule has 9 nitrogen and oxygen atoms in total. The fourth-order valence-electron chi connectivity index (χ4n) is 4.77. The molecule has 0 atom stereocenters. The van der Waals surface area contributed by atoms with Crippen molar-refractivity contribution in [2.75, 3.05) is 26.2 Å². The molecule has 1 aliphatic heterocycles. The number of hydrogen-bond donors (Lipinski definition) is 3. The van der Waals surface area contributed by atoms with Crippen LogP contribution >= 0.6 is 0 Å². The molecule has 0 spiro atoms. The summed E-state index contributed by atoms with van der Waals surface area (Å²) in [5, 5.41) is 13.0. The average molecular weight is 537 g/mol. The molecule has 1 aliphatic rings. The van der Waals surface area contributed by atoms with Crippen LogP contribution in [0.3, 0.4) is 0 Å². The van der Waals surface area contributed by atoms with Crippen molar-refractivity contribution in [1.29, 1.82) is 5.41 Å². The van der Waals surface area contributed by atoms with E-state index in [2.05, 4.69) is 9.98 Å². The Morgan fingerprint density at radius 2 is 1.82 bits per heavy atom. The van der Waals surface area contributed by atoms with E-state index in [4.69, 9.17) is 16.2 Å². The van der Waals surface area contributed by atoms with Gasteiger partial charge < -0.3 is 15.6 Å². The predicted octanol–water partition coefficient (Wildman–Crippen LogP) is 3.60. The zero-order chi connectivity index (χ0) is 27.6. The SMILES string of the molecule is N=CN=C(N)c1[nH]c(CN2CCN(C(=O)C(F)(F)F)CC2)cc1-c1ccc2cn(Cc3ccccc3)nc2c1. The molecular weight excluding hydrogens is 509 g/mol. The smallest absolute Gasteiger partial charge is 0.382 e. The van der Waals surface area contributed by atoms with Gasteiger partial charge in [-0.15, -0.1) is 0 Å². The lowest BCUT2D eigenvalue weighted by molar-refractivity contribution is -0.187. The molecule has 4 aromatic rings. The van der Waals surface area contributed by atoms with Crippen molar-refractivity contribution in [3.8, 4) is 11.1 Å². The Hall–Kier alpha value is -4.45. The molecule has 4 N–H and O–H groups in total. The second-order valence-corrected chi connectivity index (χ2v) is 9.38. The molecule has 2 aromatic carbocycles. The molecule has 0 saturated carbocycles. The van der Waals surface area contributed by atoms with Crippen molar-refractivity contribution in [3.05, 3.63) is 77.7 Å². The molecule has 2 aromatic heterocycles. The van der Waals surface area contributed by atoms with E-state index < -0.39 is 12.1 Å². The van der Waals surface area contributed by atoms with Gasteiger partial charge in [-0.25, -0.2) is 4.99 Å². The van der Waals surface area contributed by atoms with E-state index in [1.807, 2.05) is 70.4 Å². The van der Waals surface area contributed by atoms with E-state index in [1.165, 1.54) is 0 Å². The standard InChI is InChI=1S/C27H27F3N8O/c28-27(29,30)26(39)37-10-8-36(9-11-37)16-21-13-22(24(34-21)25(32)33-17-31)19-6-7-20-15-38(35-23(20)12-19)14-18-4-2-1-3-5-18/h1-7,12-13,15,17,34H,8-11,14,16H2,(H3,31,32,33). The number of carbonyl (C=O) groups excluding carboxylic acids is 1. The number of benzene rings is 2. The molecular formula is C27H27F3N8O. The summed E-state index contributed by atoms with van der Waals surface area (Å²) in [4.78, 5) is 21.5. The Bertz CT molecular complexity index is 1520. The normalized spacial score (nSPS) is 15.2. The van der Waals surface area contributed by atoms with Crippen LogP contribution in [0.15, 0.2) is 65.8 Å². The minimum Gasteiger partial charge on any atom is -0.382 e. The van der Waals surface area contributed by atoms with Crippen LogP contribution in [0.4, 0.5) is 13.2 Å². The van der Waals surface area contributed by atoms with Gasteiger partial charge >= 0.3 is 12.1 Å². The minimum absolute atomic E-state index is 0.00151. The van der Waals surface area contributed by atoms with Crippen molar-refractivity contribution >= 4 is 29.0 Å². The number of rotatable bonds is 7. The van der Waals surface area contributed by atoms with E-state index in [1.54, 1.807) is 0 Å². The van der Waals surface area contributed by atoms with E-state index in [0.717, 1.165) is 44.5 Å². The van der Waals surface area contributed by atoms with Crippen LogP contribution < -0.4 is 5.73 Å². The number of nitrogens with zero attached hydrogens (tertiary/aromatic N) is 5. The zero-order valence-electron chi connectivity index (χ0n) is 20.9. The molecule has 0 bridgehead atoms. The first kappa shape index (κ1) is 26.2. The number of amidine groups is 1. The second kappa shape index (κ2) is 10.7. The Labute approximate surface area is 222 Å². The average Bonchev–Trinajstić information content (AvgIpc) is 3.52. The first-order valence-corrected chi connectivity index (χ1v) is 12.4. The van der Waals surface area contributed by atoms with E-state index in [9.17, 15) is 18.0 Å². The number of hydrogen-bond acceptors (Lipinski definition) is 4. The van der Waals surface area contributed by atoms with Crippen LogP contribution in [-0.4, -0.2) is 75.0 Å². The summed E-state index contributed by atoms with van der Waals surface area (Å²) in [5.41, 5.74) is 11.1. The highest BCUT2D eigenvalue weighted by molar-refractivity contribution is 6.05. The topological polar surface area (TPSA) is 119 Å². The van der Waals surface area contributed by atoms with Gasteiger partial charge in [0, 0.05) is 55.6 Å². The number of alkyl halides is 3. The number of H-pyrrole nitrogens is 1. The molecule has 0 unspecified atom stereocenters. The number of halogens is 3. The fourth-order valence-corrected chi connectivity index (χ4v) is 4.77. The first-order valence-electron chi connectivity index (χ1n) is 12.4. The third kappa shape index (κ3) is 5.85. The van der Waals surface area contributed by atoms with Crippen LogP contribution in [0.2, 0.25) is 0 Å². The molecule has 5 rings (SSSR count). The van der Waals surface area contributed by atoms with Crippen molar-refractivity contribution in [3.63, 3.8) is 0 Å². The minimum atomic E-state index is -4.87. The van der Waals surface area contributed by atoms with Gasteiger partial charge in [-0.1, -0.05) is 42.5 Å². The van der Waals surface area contributed by atoms with Crippen molar-refractivity contribution in [1.82, 2.24) is 24.6 Å². The molecule has 1 amide bonds. The highest BCUT2D eigenvalue weighted by Crippen LogP contribution is 2.29. The Kier molecular flexibility index (Phi) is 7.20. The number of aromatic amines is 1. The Balaban J connectivity index is 1.37. The molecule has 0 aliphatic carbocycles. The molecule has 12 heteroatoms. The van der Waals surface area contributed by atoms with Crippen LogP contribution in [0.5, 0.6) is 0 Å². The summed E-state index contributed by atoms with van der Waals surface area (Å²) >= 11 is 0. The summed E-state index contributed by atoms with van der Waals surface area (Å²) in [5.74, 6) is -1.66. The fraction of sp³-hybridized carbons (Fsp3) is 0.259. The van der Waals surface area contributed by atoms with Gasteiger partial charge in [0.15, 0.2) is 0 Å². The Morgan fingerprint density at radius 1 is 1.08 bits per heavy atom. The third-order valence-corrected chi connectivity index (χ3v) is 6.68. The van der Waals surface area contributed by atoms with Crippen molar-refractivity contribution in [2.45, 2.75) is 19.3 Å². The molecule has 0 radical (unpaired) electrons. The molecule has 1 saturated heterocycles. The molecule has 202 valence electrons. The van der Waals surface area contributed by atoms with Crippen LogP contribution in [-0.2, 0) is 17.9 Å². The quantitative estimate of drug-likeness (QED) is 0.247. The molecule has 1 fully saturated rings. The summed E-state index contributed by atoms with van der Waals surface area (Å²) in [6, 6.07) is 17.9. The Morgan fingerprint density at radius 3 is 2.51 bits per heavy atom. The predicted molar refractivity (Wildman–Crippen MR) is 142 cm³/mol. The van der Waals surface area contributed by atoms with E-state index in [-0.39, 0.29) is 18.9 Å². The van der Waals surface area contributed by atoms with Crippen molar-refractivity contribution in [2.24, 2.45) is 10.7 Å². The maximum absolute atomic E-state index is 12.8. The number of nitrogens with two attached hydrogens (primary N) is 1. The lowest BCUT2D eigenvalue weighted by atomic mass is 10.0.